The largest absolute Gasteiger partial charge is 0.324 e. The summed E-state index contributed by atoms with van der Waals surface area (Å²) < 4.78 is 25.8. The van der Waals surface area contributed by atoms with E-state index < -0.39 is 17.6 Å². The van der Waals surface area contributed by atoms with Crippen molar-refractivity contribution in [2.24, 2.45) is 0 Å². The molecule has 0 N–H and O–H groups in total. The summed E-state index contributed by atoms with van der Waals surface area (Å²) in [6, 6.07) is 6.61. The number of aryl methyl sites for hydroxylation is 1. The van der Waals surface area contributed by atoms with Crippen molar-refractivity contribution < 1.29 is 13.6 Å². The third kappa shape index (κ3) is 2.77. The number of hydrogen-bond acceptors (Lipinski definition) is 1. The van der Waals surface area contributed by atoms with E-state index in [-0.39, 0.29) is 0 Å². The van der Waals surface area contributed by atoms with E-state index in [4.69, 9.17) is 11.6 Å². The first-order valence-corrected chi connectivity index (χ1v) is 4.43. The van der Waals surface area contributed by atoms with E-state index in [9.17, 15) is 13.6 Å². The Bertz CT molecular complexity index is 350. The second-order valence-electron chi connectivity index (χ2n) is 3.14. The summed E-state index contributed by atoms with van der Waals surface area (Å²) in [6.07, 6.45) is -0.642. The Kier molecular flexibility index (Phi) is 3.21. The number of halogens is 3. The fourth-order valence-corrected chi connectivity index (χ4v) is 1.21. The molecule has 0 saturated heterocycles. The molecule has 0 fully saturated rings. The van der Waals surface area contributed by atoms with E-state index >= 15 is 0 Å². The van der Waals surface area contributed by atoms with E-state index in [1.54, 1.807) is 31.2 Å². The average Bonchev–Trinajstić information content (AvgIpc) is 2.02. The molecule has 0 heterocycles. The second kappa shape index (κ2) is 4.05. The number of carbonyl (C=O) groups excluding carboxylic acids is 1. The van der Waals surface area contributed by atoms with Gasteiger partial charge in [0.2, 0.25) is 0 Å². The smallest absolute Gasteiger partial charge is 0.274 e. The lowest BCUT2D eigenvalue weighted by atomic mass is 10.1. The number of benzene rings is 1. The molecule has 0 atom stereocenters. The molecule has 1 aromatic carbocycles. The molecule has 0 aromatic heterocycles. The monoisotopic (exact) mass is 218 g/mol. The van der Waals surface area contributed by atoms with Crippen LogP contribution < -0.4 is 0 Å². The van der Waals surface area contributed by atoms with Crippen molar-refractivity contribution in [3.05, 3.63) is 35.4 Å². The molecule has 0 aliphatic heterocycles. The Morgan fingerprint density at radius 2 is 2.14 bits per heavy atom. The summed E-state index contributed by atoms with van der Waals surface area (Å²) in [7, 11) is 0. The zero-order valence-corrected chi connectivity index (χ0v) is 8.31. The second-order valence-corrected chi connectivity index (χ2v) is 3.49. The Hall–Kier alpha value is -0.960. The molecule has 0 saturated carbocycles. The van der Waals surface area contributed by atoms with E-state index in [2.05, 4.69) is 0 Å². The van der Waals surface area contributed by atoms with Gasteiger partial charge in [-0.2, -0.15) is 8.78 Å². The van der Waals surface area contributed by atoms with Crippen molar-refractivity contribution in [3.8, 4) is 0 Å². The molecule has 0 aliphatic rings. The average molecular weight is 219 g/mol. The van der Waals surface area contributed by atoms with Gasteiger partial charge in [0, 0.05) is 6.42 Å². The predicted octanol–water partition coefficient (Wildman–Crippen LogP) is 2.94. The van der Waals surface area contributed by atoms with Crippen LogP contribution in [0.2, 0.25) is 0 Å². The van der Waals surface area contributed by atoms with Crippen LogP contribution in [0.3, 0.4) is 0 Å². The zero-order valence-electron chi connectivity index (χ0n) is 7.56. The molecular formula is C10H9ClF2O. The number of hydrogen-bond donors (Lipinski definition) is 0. The van der Waals surface area contributed by atoms with Crippen LogP contribution in [0.5, 0.6) is 0 Å². The van der Waals surface area contributed by atoms with Crippen molar-refractivity contribution in [2.45, 2.75) is 19.3 Å². The van der Waals surface area contributed by atoms with Gasteiger partial charge in [0.25, 0.3) is 5.24 Å². The minimum Gasteiger partial charge on any atom is -0.274 e. The molecule has 0 amide bonds. The van der Waals surface area contributed by atoms with Crippen LogP contribution in [0.4, 0.5) is 8.78 Å². The van der Waals surface area contributed by atoms with Crippen LogP contribution in [0.15, 0.2) is 24.3 Å². The van der Waals surface area contributed by atoms with Gasteiger partial charge in [0.15, 0.2) is 0 Å². The molecule has 1 aromatic rings. The molecule has 0 spiro atoms. The van der Waals surface area contributed by atoms with Gasteiger partial charge in [-0.15, -0.1) is 0 Å². The Labute approximate surface area is 85.7 Å². The third-order valence-corrected chi connectivity index (χ3v) is 2.07. The molecule has 0 aliphatic carbocycles. The van der Waals surface area contributed by atoms with Crippen molar-refractivity contribution in [2.75, 3.05) is 0 Å². The predicted molar refractivity (Wildman–Crippen MR) is 50.7 cm³/mol. The summed E-state index contributed by atoms with van der Waals surface area (Å²) >= 11 is 4.77. The summed E-state index contributed by atoms with van der Waals surface area (Å²) in [4.78, 5) is 10.4. The van der Waals surface area contributed by atoms with Crippen LogP contribution >= 0.6 is 11.6 Å². The highest BCUT2D eigenvalue weighted by atomic mass is 35.5. The quantitative estimate of drug-likeness (QED) is 0.713. The summed E-state index contributed by atoms with van der Waals surface area (Å²) in [5.74, 6) is -3.48. The van der Waals surface area contributed by atoms with Gasteiger partial charge in [-0.05, 0) is 24.1 Å². The maximum Gasteiger partial charge on any atom is 0.324 e. The van der Waals surface area contributed by atoms with Crippen LogP contribution in [-0.2, 0) is 11.2 Å². The van der Waals surface area contributed by atoms with Crippen molar-refractivity contribution >= 4 is 16.8 Å². The topological polar surface area (TPSA) is 17.1 Å². The first kappa shape index (κ1) is 11.1. The fraction of sp³-hybridized carbons (Fsp3) is 0.300. The van der Waals surface area contributed by atoms with Crippen LogP contribution in [0, 0.1) is 6.92 Å². The van der Waals surface area contributed by atoms with Gasteiger partial charge in [-0.1, -0.05) is 29.8 Å². The molecule has 14 heavy (non-hydrogen) atoms. The number of rotatable bonds is 3. The van der Waals surface area contributed by atoms with Gasteiger partial charge in [0.05, 0.1) is 0 Å². The van der Waals surface area contributed by atoms with Gasteiger partial charge >= 0.3 is 5.92 Å². The van der Waals surface area contributed by atoms with Crippen molar-refractivity contribution in [1.29, 1.82) is 0 Å². The minimum absolute atomic E-state index is 0.406. The highest BCUT2D eigenvalue weighted by molar-refractivity contribution is 6.65. The Balaban J connectivity index is 2.83. The highest BCUT2D eigenvalue weighted by Crippen LogP contribution is 2.23. The van der Waals surface area contributed by atoms with Crippen LogP contribution in [0.1, 0.15) is 11.1 Å². The van der Waals surface area contributed by atoms with Gasteiger partial charge in [0.1, 0.15) is 0 Å². The molecule has 4 heteroatoms. The van der Waals surface area contributed by atoms with E-state index in [0.29, 0.717) is 5.56 Å². The van der Waals surface area contributed by atoms with E-state index in [1.807, 2.05) is 0 Å². The molecule has 0 unspecified atom stereocenters. The van der Waals surface area contributed by atoms with Gasteiger partial charge in [-0.25, -0.2) is 0 Å². The van der Waals surface area contributed by atoms with Crippen LogP contribution in [0.25, 0.3) is 0 Å². The lowest BCUT2D eigenvalue weighted by molar-refractivity contribution is -0.133. The summed E-state index contributed by atoms with van der Waals surface area (Å²) in [5.41, 5.74) is 1.28. The molecule has 0 bridgehead atoms. The lowest BCUT2D eigenvalue weighted by Crippen LogP contribution is -2.27. The molecular weight excluding hydrogens is 210 g/mol. The minimum atomic E-state index is -3.48. The number of alkyl halides is 2. The van der Waals surface area contributed by atoms with Gasteiger partial charge in [-0.3, -0.25) is 4.79 Å². The fourth-order valence-electron chi connectivity index (χ4n) is 1.15. The molecule has 76 valence electrons. The maximum atomic E-state index is 12.9. The first-order chi connectivity index (χ1) is 6.42. The zero-order chi connectivity index (χ0) is 10.8. The van der Waals surface area contributed by atoms with E-state index in [0.717, 1.165) is 5.56 Å². The first-order valence-electron chi connectivity index (χ1n) is 4.05. The summed E-state index contributed by atoms with van der Waals surface area (Å²) in [6.45, 7) is 1.80. The Morgan fingerprint density at radius 1 is 1.50 bits per heavy atom. The third-order valence-electron chi connectivity index (χ3n) is 1.80. The van der Waals surface area contributed by atoms with Crippen LogP contribution in [-0.4, -0.2) is 11.2 Å². The Morgan fingerprint density at radius 3 is 2.64 bits per heavy atom. The SMILES string of the molecule is Cc1cccc(CC(F)(F)C(=O)Cl)c1. The van der Waals surface area contributed by atoms with Gasteiger partial charge < -0.3 is 0 Å². The normalized spacial score (nSPS) is 11.4. The summed E-state index contributed by atoms with van der Waals surface area (Å²) in [5, 5.41) is -1.61. The molecule has 1 nitrogen and oxygen atoms in total. The van der Waals surface area contributed by atoms with Crippen molar-refractivity contribution in [1.82, 2.24) is 0 Å². The maximum absolute atomic E-state index is 12.9. The van der Waals surface area contributed by atoms with E-state index in [1.165, 1.54) is 0 Å². The standard InChI is InChI=1S/C10H9ClF2O/c1-7-3-2-4-8(5-7)6-10(12,13)9(11)14/h2-5H,6H2,1H3. The molecule has 1 rings (SSSR count). The number of carbonyl (C=O) groups is 1. The lowest BCUT2D eigenvalue weighted by Gasteiger charge is -2.11. The highest BCUT2D eigenvalue weighted by Gasteiger charge is 2.37. The molecule has 0 radical (unpaired) electrons. The van der Waals surface area contributed by atoms with Crippen molar-refractivity contribution in [3.63, 3.8) is 0 Å².